The number of hydrogen-bond acceptors (Lipinski definition) is 1. The van der Waals surface area contributed by atoms with Crippen LogP contribution in [0.25, 0.3) is 0 Å². The highest BCUT2D eigenvalue weighted by Gasteiger charge is 2.39. The van der Waals surface area contributed by atoms with Gasteiger partial charge in [0.25, 0.3) is 5.92 Å². The van der Waals surface area contributed by atoms with Crippen LogP contribution in [0.2, 0.25) is 0 Å². The molecule has 0 atom stereocenters. The van der Waals surface area contributed by atoms with Gasteiger partial charge in [0.1, 0.15) is 5.82 Å². The molecule has 0 aromatic heterocycles. The molecule has 0 saturated carbocycles. The van der Waals surface area contributed by atoms with E-state index in [4.69, 9.17) is 5.73 Å². The summed E-state index contributed by atoms with van der Waals surface area (Å²) in [6, 6.07) is 3.47. The Morgan fingerprint density at radius 3 is 2.38 bits per heavy atom. The summed E-state index contributed by atoms with van der Waals surface area (Å²) in [5.74, 6) is -4.19. The second-order valence-electron chi connectivity index (χ2n) is 4.49. The summed E-state index contributed by atoms with van der Waals surface area (Å²) < 4.78 is 41.2. The first-order valence-corrected chi connectivity index (χ1v) is 5.53. The highest BCUT2D eigenvalue weighted by Crippen LogP contribution is 2.37. The smallest absolute Gasteiger partial charge is 0.277 e. The van der Waals surface area contributed by atoms with E-state index < -0.39 is 29.3 Å². The maximum absolute atomic E-state index is 13.8. The Labute approximate surface area is 101 Å². The molecule has 16 heavy (non-hydrogen) atoms. The molecule has 1 rings (SSSR count). The summed E-state index contributed by atoms with van der Waals surface area (Å²) in [6.45, 7) is 2.97. The molecular weight excluding hydrogens is 283 g/mol. The molecule has 0 heterocycles. The summed E-state index contributed by atoms with van der Waals surface area (Å²) in [4.78, 5) is 0. The van der Waals surface area contributed by atoms with E-state index >= 15 is 0 Å². The Bertz CT molecular complexity index is 385. The van der Waals surface area contributed by atoms with Crippen molar-refractivity contribution in [2.24, 2.45) is 5.73 Å². The molecule has 0 saturated heterocycles. The van der Waals surface area contributed by atoms with Crippen molar-refractivity contribution in [3.05, 3.63) is 34.1 Å². The highest BCUT2D eigenvalue weighted by molar-refractivity contribution is 9.10. The van der Waals surface area contributed by atoms with Crippen LogP contribution in [0, 0.1) is 5.82 Å². The fourth-order valence-corrected chi connectivity index (χ4v) is 1.81. The molecule has 0 unspecified atom stereocenters. The first kappa shape index (κ1) is 13.5. The van der Waals surface area contributed by atoms with Gasteiger partial charge in [-0.3, -0.25) is 0 Å². The number of hydrogen-bond donors (Lipinski definition) is 1. The maximum atomic E-state index is 13.8. The van der Waals surface area contributed by atoms with Crippen molar-refractivity contribution in [2.75, 3.05) is 0 Å². The van der Waals surface area contributed by atoms with E-state index in [9.17, 15) is 13.2 Å². The lowest BCUT2D eigenvalue weighted by Gasteiger charge is -2.26. The predicted octanol–water partition coefficient (Wildman–Crippen LogP) is 3.81. The molecule has 90 valence electrons. The topological polar surface area (TPSA) is 26.0 Å². The minimum absolute atomic E-state index is 0.415. The van der Waals surface area contributed by atoms with Crippen molar-refractivity contribution in [3.8, 4) is 0 Å². The minimum atomic E-state index is -3.27. The zero-order chi connectivity index (χ0) is 12.6. The number of alkyl halides is 2. The van der Waals surface area contributed by atoms with Crippen LogP contribution in [0.4, 0.5) is 13.2 Å². The summed E-state index contributed by atoms with van der Waals surface area (Å²) in [5.41, 5.74) is 3.85. The Balaban J connectivity index is 3.11. The Hall–Kier alpha value is -0.550. The Morgan fingerprint density at radius 2 is 1.88 bits per heavy atom. The zero-order valence-corrected chi connectivity index (χ0v) is 10.6. The van der Waals surface area contributed by atoms with Crippen LogP contribution in [-0.4, -0.2) is 5.54 Å². The van der Waals surface area contributed by atoms with Gasteiger partial charge in [0, 0.05) is 16.4 Å². The van der Waals surface area contributed by atoms with E-state index in [2.05, 4.69) is 15.9 Å². The Morgan fingerprint density at radius 1 is 1.31 bits per heavy atom. The van der Waals surface area contributed by atoms with Gasteiger partial charge in [-0.25, -0.2) is 13.2 Å². The third-order valence-corrected chi connectivity index (χ3v) is 2.49. The van der Waals surface area contributed by atoms with Crippen LogP contribution in [-0.2, 0) is 5.92 Å². The van der Waals surface area contributed by atoms with Gasteiger partial charge in [-0.05, 0) is 32.0 Å². The van der Waals surface area contributed by atoms with Crippen molar-refractivity contribution in [3.63, 3.8) is 0 Å². The molecule has 1 nitrogen and oxygen atoms in total. The van der Waals surface area contributed by atoms with Crippen LogP contribution < -0.4 is 5.73 Å². The molecule has 0 fully saturated rings. The molecule has 5 heteroatoms. The van der Waals surface area contributed by atoms with Gasteiger partial charge in [0.05, 0.1) is 5.56 Å². The molecule has 0 spiro atoms. The Kier molecular flexibility index (Phi) is 3.69. The molecule has 2 N–H and O–H groups in total. The normalized spacial score (nSPS) is 12.9. The van der Waals surface area contributed by atoms with E-state index in [0.717, 1.165) is 12.1 Å². The second kappa shape index (κ2) is 4.37. The van der Waals surface area contributed by atoms with Gasteiger partial charge in [0.15, 0.2) is 0 Å². The number of nitrogens with two attached hydrogens (primary N) is 1. The first-order chi connectivity index (χ1) is 7.12. The molecule has 0 aliphatic heterocycles. The van der Waals surface area contributed by atoms with Crippen LogP contribution in [0.3, 0.4) is 0 Å². The zero-order valence-electron chi connectivity index (χ0n) is 9.03. The van der Waals surface area contributed by atoms with Gasteiger partial charge >= 0.3 is 0 Å². The molecule has 0 radical (unpaired) electrons. The summed E-state index contributed by atoms with van der Waals surface area (Å²) in [6.07, 6.45) is -0.604. The lowest BCUT2D eigenvalue weighted by Crippen LogP contribution is -2.38. The van der Waals surface area contributed by atoms with E-state index in [1.165, 1.54) is 19.9 Å². The fourth-order valence-electron chi connectivity index (χ4n) is 1.45. The number of halogens is 4. The van der Waals surface area contributed by atoms with Crippen molar-refractivity contribution in [2.45, 2.75) is 31.7 Å². The van der Waals surface area contributed by atoms with Crippen molar-refractivity contribution in [1.82, 2.24) is 0 Å². The van der Waals surface area contributed by atoms with Crippen molar-refractivity contribution >= 4 is 15.9 Å². The van der Waals surface area contributed by atoms with Gasteiger partial charge < -0.3 is 5.73 Å². The monoisotopic (exact) mass is 295 g/mol. The van der Waals surface area contributed by atoms with Crippen molar-refractivity contribution in [1.29, 1.82) is 0 Å². The summed E-state index contributed by atoms with van der Waals surface area (Å²) in [7, 11) is 0. The van der Waals surface area contributed by atoms with Crippen molar-refractivity contribution < 1.29 is 13.2 Å². The molecular formula is C11H13BrF3N. The number of rotatable bonds is 3. The lowest BCUT2D eigenvalue weighted by molar-refractivity contribution is -0.0327. The molecule has 0 aliphatic carbocycles. The van der Waals surface area contributed by atoms with Gasteiger partial charge in [0.2, 0.25) is 0 Å². The average Bonchev–Trinajstić information content (AvgIpc) is 2.04. The summed E-state index contributed by atoms with van der Waals surface area (Å²) in [5, 5.41) is 0. The highest BCUT2D eigenvalue weighted by atomic mass is 79.9. The van der Waals surface area contributed by atoms with E-state index in [-0.39, 0.29) is 0 Å². The fraction of sp³-hybridized carbons (Fsp3) is 0.455. The lowest BCUT2D eigenvalue weighted by atomic mass is 9.93. The van der Waals surface area contributed by atoms with E-state index in [1.54, 1.807) is 0 Å². The van der Waals surface area contributed by atoms with Crippen LogP contribution in [0.5, 0.6) is 0 Å². The van der Waals surface area contributed by atoms with Gasteiger partial charge in [-0.1, -0.05) is 15.9 Å². The standard InChI is InChI=1S/C11H13BrF3N/c1-10(2,16)6-11(14,15)8-5-7(12)3-4-9(8)13/h3-5H,6,16H2,1-2H3. The first-order valence-electron chi connectivity index (χ1n) is 4.74. The molecule has 1 aromatic carbocycles. The molecule has 0 aliphatic rings. The second-order valence-corrected chi connectivity index (χ2v) is 5.41. The summed E-state index contributed by atoms with van der Waals surface area (Å²) >= 11 is 3.04. The van der Waals surface area contributed by atoms with E-state index in [0.29, 0.717) is 4.47 Å². The third kappa shape index (κ3) is 3.49. The predicted molar refractivity (Wildman–Crippen MR) is 60.9 cm³/mol. The quantitative estimate of drug-likeness (QED) is 0.902. The molecule has 1 aromatic rings. The third-order valence-electron chi connectivity index (χ3n) is 2.00. The van der Waals surface area contributed by atoms with Crippen LogP contribution in [0.1, 0.15) is 25.8 Å². The largest absolute Gasteiger partial charge is 0.325 e. The number of benzene rings is 1. The molecule has 0 amide bonds. The van der Waals surface area contributed by atoms with Gasteiger partial charge in [-0.15, -0.1) is 0 Å². The molecule has 0 bridgehead atoms. The van der Waals surface area contributed by atoms with Crippen LogP contribution in [0.15, 0.2) is 22.7 Å². The van der Waals surface area contributed by atoms with Gasteiger partial charge in [-0.2, -0.15) is 0 Å². The van der Waals surface area contributed by atoms with Crippen LogP contribution >= 0.6 is 15.9 Å². The van der Waals surface area contributed by atoms with E-state index in [1.807, 2.05) is 0 Å². The minimum Gasteiger partial charge on any atom is -0.325 e. The maximum Gasteiger partial charge on any atom is 0.277 e. The SMILES string of the molecule is CC(C)(N)CC(F)(F)c1cc(Br)ccc1F. The average molecular weight is 296 g/mol.